The predicted octanol–water partition coefficient (Wildman–Crippen LogP) is 0.622. The van der Waals surface area contributed by atoms with Gasteiger partial charge >= 0.3 is 0 Å². The Kier molecular flexibility index (Phi) is 3.93. The molecular formula is C12H18N4O. The van der Waals surface area contributed by atoms with Gasteiger partial charge in [0, 0.05) is 18.8 Å². The van der Waals surface area contributed by atoms with Gasteiger partial charge in [-0.05, 0) is 25.5 Å². The number of aromatic nitrogens is 2. The van der Waals surface area contributed by atoms with Crippen molar-refractivity contribution in [3.05, 3.63) is 29.1 Å². The first-order valence-corrected chi connectivity index (χ1v) is 6.00. The number of H-pyrrole nitrogens is 1. The first kappa shape index (κ1) is 11.9. The fourth-order valence-electron chi connectivity index (χ4n) is 1.77. The Balaban J connectivity index is 1.86. The highest BCUT2D eigenvalue weighted by Crippen LogP contribution is 2.04. The fourth-order valence-corrected chi connectivity index (χ4v) is 1.77. The van der Waals surface area contributed by atoms with Crippen LogP contribution in [0.3, 0.4) is 0 Å². The number of hydrogen-bond acceptors (Lipinski definition) is 3. The number of carbonyl (C=O) groups is 1. The van der Waals surface area contributed by atoms with Crippen molar-refractivity contribution in [2.75, 3.05) is 19.6 Å². The molecule has 1 aromatic rings. The second-order valence-electron chi connectivity index (χ2n) is 4.13. The molecule has 5 heteroatoms. The quantitative estimate of drug-likeness (QED) is 0.669. The largest absolute Gasteiger partial charge is 0.347 e. The number of amides is 1. The Morgan fingerprint density at radius 3 is 3.12 bits per heavy atom. The molecule has 1 aliphatic heterocycles. The third-order valence-electron chi connectivity index (χ3n) is 2.88. The summed E-state index contributed by atoms with van der Waals surface area (Å²) in [6.07, 6.45) is 3.99. The Morgan fingerprint density at radius 2 is 2.47 bits per heavy atom. The molecule has 0 unspecified atom stereocenters. The average Bonchev–Trinajstić information content (AvgIpc) is 2.86. The summed E-state index contributed by atoms with van der Waals surface area (Å²) in [4.78, 5) is 11.8. The molecule has 0 saturated carbocycles. The number of nitrogens with zero attached hydrogens (tertiary/aromatic N) is 1. The second kappa shape index (κ2) is 5.63. The summed E-state index contributed by atoms with van der Waals surface area (Å²) in [6, 6.07) is 1.80. The van der Waals surface area contributed by atoms with Gasteiger partial charge in [-0.25, -0.2) is 0 Å². The normalized spacial score (nSPS) is 15.5. The van der Waals surface area contributed by atoms with Gasteiger partial charge in [-0.3, -0.25) is 9.89 Å². The van der Waals surface area contributed by atoms with Gasteiger partial charge in [-0.2, -0.15) is 5.10 Å². The van der Waals surface area contributed by atoms with Crippen molar-refractivity contribution in [3.63, 3.8) is 0 Å². The van der Waals surface area contributed by atoms with E-state index in [0.717, 1.165) is 31.6 Å². The van der Waals surface area contributed by atoms with E-state index in [1.54, 1.807) is 6.07 Å². The highest BCUT2D eigenvalue weighted by atomic mass is 16.1. The minimum atomic E-state index is -0.111. The van der Waals surface area contributed by atoms with Gasteiger partial charge in [0.25, 0.3) is 5.91 Å². The lowest BCUT2D eigenvalue weighted by Crippen LogP contribution is -2.29. The third kappa shape index (κ3) is 3.17. The average molecular weight is 234 g/mol. The van der Waals surface area contributed by atoms with Crippen LogP contribution < -0.4 is 10.6 Å². The van der Waals surface area contributed by atoms with Crippen LogP contribution in [0.15, 0.2) is 17.7 Å². The molecule has 0 bridgehead atoms. The van der Waals surface area contributed by atoms with Crippen molar-refractivity contribution in [2.24, 2.45) is 0 Å². The zero-order valence-electron chi connectivity index (χ0n) is 10.0. The summed E-state index contributed by atoms with van der Waals surface area (Å²) < 4.78 is 0. The van der Waals surface area contributed by atoms with Crippen LogP contribution in [0.1, 0.15) is 29.5 Å². The zero-order valence-corrected chi connectivity index (χ0v) is 10.0. The van der Waals surface area contributed by atoms with Crippen LogP contribution >= 0.6 is 0 Å². The summed E-state index contributed by atoms with van der Waals surface area (Å²) in [7, 11) is 0. The maximum atomic E-state index is 11.8. The molecular weight excluding hydrogens is 216 g/mol. The SMILES string of the molecule is CCc1cc(C(=O)NCC2=CCNCC2)n[nH]1. The summed E-state index contributed by atoms with van der Waals surface area (Å²) >= 11 is 0. The van der Waals surface area contributed by atoms with Gasteiger partial charge in [-0.1, -0.05) is 18.6 Å². The predicted molar refractivity (Wildman–Crippen MR) is 65.9 cm³/mol. The Hall–Kier alpha value is -1.62. The maximum absolute atomic E-state index is 11.8. The number of aryl methyl sites for hydroxylation is 1. The van der Waals surface area contributed by atoms with E-state index in [2.05, 4.69) is 26.9 Å². The lowest BCUT2D eigenvalue weighted by molar-refractivity contribution is 0.0951. The minimum Gasteiger partial charge on any atom is -0.347 e. The maximum Gasteiger partial charge on any atom is 0.272 e. The monoisotopic (exact) mass is 234 g/mol. The molecule has 0 aliphatic carbocycles. The standard InChI is InChI=1S/C12H18N4O/c1-2-10-7-11(16-15-10)12(17)14-8-9-3-5-13-6-4-9/h3,7,13H,2,4-6,8H2,1H3,(H,14,17)(H,15,16). The first-order chi connectivity index (χ1) is 8.29. The Bertz CT molecular complexity index is 422. The van der Waals surface area contributed by atoms with Crippen LogP contribution in [-0.2, 0) is 6.42 Å². The second-order valence-corrected chi connectivity index (χ2v) is 4.13. The lowest BCUT2D eigenvalue weighted by Gasteiger charge is -2.14. The zero-order chi connectivity index (χ0) is 12.1. The minimum absolute atomic E-state index is 0.111. The van der Waals surface area contributed by atoms with Crippen molar-refractivity contribution in [3.8, 4) is 0 Å². The fraction of sp³-hybridized carbons (Fsp3) is 0.500. The van der Waals surface area contributed by atoms with Gasteiger partial charge in [0.2, 0.25) is 0 Å². The molecule has 1 aliphatic rings. The summed E-state index contributed by atoms with van der Waals surface area (Å²) in [5.41, 5.74) is 2.73. The van der Waals surface area contributed by atoms with Gasteiger partial charge in [0.1, 0.15) is 5.69 Å². The molecule has 5 nitrogen and oxygen atoms in total. The molecule has 0 saturated heterocycles. The van der Waals surface area contributed by atoms with E-state index in [1.807, 2.05) is 6.92 Å². The van der Waals surface area contributed by atoms with Crippen LogP contribution in [0.4, 0.5) is 0 Å². The van der Waals surface area contributed by atoms with E-state index in [9.17, 15) is 4.79 Å². The molecule has 92 valence electrons. The number of aromatic amines is 1. The Morgan fingerprint density at radius 1 is 1.59 bits per heavy atom. The van der Waals surface area contributed by atoms with E-state index in [4.69, 9.17) is 0 Å². The summed E-state index contributed by atoms with van der Waals surface area (Å²) in [5.74, 6) is -0.111. The number of carbonyl (C=O) groups excluding carboxylic acids is 1. The highest BCUT2D eigenvalue weighted by molar-refractivity contribution is 5.92. The van der Waals surface area contributed by atoms with Crippen LogP contribution in [0.25, 0.3) is 0 Å². The molecule has 2 rings (SSSR count). The third-order valence-corrected chi connectivity index (χ3v) is 2.88. The molecule has 0 aromatic carbocycles. The van der Waals surface area contributed by atoms with E-state index >= 15 is 0 Å². The van der Waals surface area contributed by atoms with Crippen molar-refractivity contribution >= 4 is 5.91 Å². The Labute approximate surface area is 101 Å². The van der Waals surface area contributed by atoms with Crippen molar-refractivity contribution in [1.29, 1.82) is 0 Å². The topological polar surface area (TPSA) is 69.8 Å². The van der Waals surface area contributed by atoms with Crippen molar-refractivity contribution < 1.29 is 4.79 Å². The van der Waals surface area contributed by atoms with Gasteiger partial charge in [0.15, 0.2) is 0 Å². The molecule has 0 atom stereocenters. The summed E-state index contributed by atoms with van der Waals surface area (Å²) in [6.45, 7) is 4.53. The van der Waals surface area contributed by atoms with Crippen LogP contribution in [0, 0.1) is 0 Å². The molecule has 0 spiro atoms. The van der Waals surface area contributed by atoms with Crippen LogP contribution in [-0.4, -0.2) is 35.7 Å². The molecule has 3 N–H and O–H groups in total. The number of nitrogens with one attached hydrogen (secondary N) is 3. The van der Waals surface area contributed by atoms with E-state index in [1.165, 1.54) is 5.57 Å². The molecule has 1 aromatic heterocycles. The highest BCUT2D eigenvalue weighted by Gasteiger charge is 2.10. The first-order valence-electron chi connectivity index (χ1n) is 6.00. The lowest BCUT2D eigenvalue weighted by atomic mass is 10.1. The van der Waals surface area contributed by atoms with Crippen LogP contribution in [0.2, 0.25) is 0 Å². The molecule has 0 radical (unpaired) electrons. The number of hydrogen-bond donors (Lipinski definition) is 3. The van der Waals surface area contributed by atoms with E-state index in [0.29, 0.717) is 12.2 Å². The van der Waals surface area contributed by atoms with Crippen molar-refractivity contribution in [1.82, 2.24) is 20.8 Å². The van der Waals surface area contributed by atoms with Crippen molar-refractivity contribution in [2.45, 2.75) is 19.8 Å². The number of rotatable bonds is 4. The van der Waals surface area contributed by atoms with Crippen LogP contribution in [0.5, 0.6) is 0 Å². The molecule has 1 amide bonds. The van der Waals surface area contributed by atoms with E-state index in [-0.39, 0.29) is 5.91 Å². The van der Waals surface area contributed by atoms with Gasteiger partial charge in [-0.15, -0.1) is 0 Å². The smallest absolute Gasteiger partial charge is 0.272 e. The summed E-state index contributed by atoms with van der Waals surface area (Å²) in [5, 5.41) is 12.9. The molecule has 17 heavy (non-hydrogen) atoms. The van der Waals surface area contributed by atoms with E-state index < -0.39 is 0 Å². The molecule has 2 heterocycles. The van der Waals surface area contributed by atoms with Gasteiger partial charge < -0.3 is 10.6 Å². The molecule has 0 fully saturated rings. The van der Waals surface area contributed by atoms with Gasteiger partial charge in [0.05, 0.1) is 0 Å².